The van der Waals surface area contributed by atoms with Crippen molar-refractivity contribution in [2.45, 2.75) is 52.9 Å². The van der Waals surface area contributed by atoms with E-state index in [-0.39, 0.29) is 11.3 Å². The number of hydrogen-bond acceptors (Lipinski definition) is 1. The van der Waals surface area contributed by atoms with Gasteiger partial charge in [0.2, 0.25) is 5.91 Å². The number of carbonyl (C=O) groups is 1. The molecule has 0 saturated heterocycles. The molecule has 1 rings (SSSR count). The minimum absolute atomic E-state index is 0.104. The zero-order chi connectivity index (χ0) is 13.8. The Hall–Kier alpha value is -1.31. The SMILES string of the molecule is CC(C)CCC(=O)Nc1ccc(C(C)(C)C)cc1. The molecule has 1 N–H and O–H groups in total. The van der Waals surface area contributed by atoms with Gasteiger partial charge >= 0.3 is 0 Å². The Morgan fingerprint density at radius 3 is 2.17 bits per heavy atom. The van der Waals surface area contributed by atoms with Crippen LogP contribution in [0.2, 0.25) is 0 Å². The molecule has 0 bridgehead atoms. The lowest BCUT2D eigenvalue weighted by Gasteiger charge is -2.19. The fourth-order valence-electron chi connectivity index (χ4n) is 1.70. The van der Waals surface area contributed by atoms with E-state index in [9.17, 15) is 4.79 Å². The Balaban J connectivity index is 2.56. The molecule has 0 aromatic heterocycles. The van der Waals surface area contributed by atoms with Gasteiger partial charge in [0.15, 0.2) is 0 Å². The summed E-state index contributed by atoms with van der Waals surface area (Å²) in [7, 11) is 0. The van der Waals surface area contributed by atoms with E-state index in [4.69, 9.17) is 0 Å². The number of rotatable bonds is 4. The second-order valence-corrected chi connectivity index (χ2v) is 6.31. The second kappa shape index (κ2) is 6.03. The molecular weight excluding hydrogens is 222 g/mol. The van der Waals surface area contributed by atoms with Gasteiger partial charge in [0.25, 0.3) is 0 Å². The summed E-state index contributed by atoms with van der Waals surface area (Å²) in [5, 5.41) is 2.94. The Morgan fingerprint density at radius 2 is 1.72 bits per heavy atom. The van der Waals surface area contributed by atoms with E-state index in [0.29, 0.717) is 12.3 Å². The predicted octanol–water partition coefficient (Wildman–Crippen LogP) is 4.36. The van der Waals surface area contributed by atoms with Crippen molar-refractivity contribution in [1.29, 1.82) is 0 Å². The summed E-state index contributed by atoms with van der Waals surface area (Å²) in [4.78, 5) is 11.7. The van der Waals surface area contributed by atoms with Crippen LogP contribution in [0.5, 0.6) is 0 Å². The molecule has 0 spiro atoms. The van der Waals surface area contributed by atoms with Gasteiger partial charge in [-0.1, -0.05) is 46.8 Å². The summed E-state index contributed by atoms with van der Waals surface area (Å²) in [6, 6.07) is 8.12. The molecule has 0 fully saturated rings. The van der Waals surface area contributed by atoms with E-state index in [2.05, 4.69) is 52.1 Å². The molecule has 0 atom stereocenters. The number of nitrogens with one attached hydrogen (secondary N) is 1. The summed E-state index contributed by atoms with van der Waals surface area (Å²) in [5.74, 6) is 0.672. The summed E-state index contributed by atoms with van der Waals surface area (Å²) in [5.41, 5.74) is 2.32. The van der Waals surface area contributed by atoms with E-state index in [0.717, 1.165) is 12.1 Å². The summed E-state index contributed by atoms with van der Waals surface area (Å²) < 4.78 is 0. The molecule has 0 aliphatic carbocycles. The lowest BCUT2D eigenvalue weighted by atomic mass is 9.87. The molecule has 0 saturated carbocycles. The van der Waals surface area contributed by atoms with Crippen LogP contribution in [-0.4, -0.2) is 5.91 Å². The highest BCUT2D eigenvalue weighted by Crippen LogP contribution is 2.23. The van der Waals surface area contributed by atoms with Gasteiger partial charge in [0, 0.05) is 12.1 Å². The molecule has 1 amide bonds. The van der Waals surface area contributed by atoms with E-state index < -0.39 is 0 Å². The minimum Gasteiger partial charge on any atom is -0.326 e. The Morgan fingerprint density at radius 1 is 1.17 bits per heavy atom. The van der Waals surface area contributed by atoms with Crippen LogP contribution in [0.3, 0.4) is 0 Å². The highest BCUT2D eigenvalue weighted by molar-refractivity contribution is 5.90. The quantitative estimate of drug-likeness (QED) is 0.841. The first-order chi connectivity index (χ1) is 8.29. The molecule has 1 aromatic carbocycles. The van der Waals surface area contributed by atoms with E-state index in [1.807, 2.05) is 12.1 Å². The largest absolute Gasteiger partial charge is 0.326 e. The summed E-state index contributed by atoms with van der Waals surface area (Å²) in [6.07, 6.45) is 1.53. The number of hydrogen-bond donors (Lipinski definition) is 1. The van der Waals surface area contributed by atoms with Crippen molar-refractivity contribution in [2.24, 2.45) is 5.92 Å². The Kier molecular flexibility index (Phi) is 4.94. The van der Waals surface area contributed by atoms with Gasteiger partial charge in [0.05, 0.1) is 0 Å². The lowest BCUT2D eigenvalue weighted by molar-refractivity contribution is -0.116. The minimum atomic E-state index is 0.104. The molecule has 2 nitrogen and oxygen atoms in total. The first-order valence-corrected chi connectivity index (χ1v) is 6.69. The standard InChI is InChI=1S/C16H25NO/c1-12(2)6-11-15(18)17-14-9-7-13(8-10-14)16(3,4)5/h7-10,12H,6,11H2,1-5H3,(H,17,18). The van der Waals surface area contributed by atoms with Crippen molar-refractivity contribution in [3.05, 3.63) is 29.8 Å². The first-order valence-electron chi connectivity index (χ1n) is 6.69. The van der Waals surface area contributed by atoms with Gasteiger partial charge in [0.1, 0.15) is 0 Å². The lowest BCUT2D eigenvalue weighted by Crippen LogP contribution is -2.13. The van der Waals surface area contributed by atoms with Crippen LogP contribution in [0, 0.1) is 5.92 Å². The summed E-state index contributed by atoms with van der Waals surface area (Å²) in [6.45, 7) is 10.8. The Bertz CT molecular complexity index is 385. The molecule has 0 aliphatic rings. The van der Waals surface area contributed by atoms with Crippen LogP contribution in [0.15, 0.2) is 24.3 Å². The van der Waals surface area contributed by atoms with Crippen molar-refractivity contribution in [3.8, 4) is 0 Å². The van der Waals surface area contributed by atoms with Gasteiger partial charge in [-0.25, -0.2) is 0 Å². The molecule has 0 aliphatic heterocycles. The molecule has 2 heteroatoms. The smallest absolute Gasteiger partial charge is 0.224 e. The number of carbonyl (C=O) groups excluding carboxylic acids is 1. The maximum absolute atomic E-state index is 11.7. The average Bonchev–Trinajstić information content (AvgIpc) is 2.26. The van der Waals surface area contributed by atoms with Gasteiger partial charge in [-0.2, -0.15) is 0 Å². The first kappa shape index (κ1) is 14.7. The molecule has 0 radical (unpaired) electrons. The van der Waals surface area contributed by atoms with Crippen molar-refractivity contribution >= 4 is 11.6 Å². The third-order valence-corrected chi connectivity index (χ3v) is 2.98. The van der Waals surface area contributed by atoms with Crippen LogP contribution < -0.4 is 5.32 Å². The maximum Gasteiger partial charge on any atom is 0.224 e. The predicted molar refractivity (Wildman–Crippen MR) is 77.8 cm³/mol. The fraction of sp³-hybridized carbons (Fsp3) is 0.562. The number of benzene rings is 1. The normalized spacial score (nSPS) is 11.7. The highest BCUT2D eigenvalue weighted by atomic mass is 16.1. The zero-order valence-corrected chi connectivity index (χ0v) is 12.2. The van der Waals surface area contributed by atoms with Crippen molar-refractivity contribution < 1.29 is 4.79 Å². The van der Waals surface area contributed by atoms with Crippen molar-refractivity contribution in [3.63, 3.8) is 0 Å². The van der Waals surface area contributed by atoms with E-state index in [1.165, 1.54) is 5.56 Å². The Labute approximate surface area is 111 Å². The third-order valence-electron chi connectivity index (χ3n) is 2.98. The van der Waals surface area contributed by atoms with Gasteiger partial charge in [-0.15, -0.1) is 0 Å². The molecule has 0 heterocycles. The third kappa shape index (κ3) is 4.91. The molecule has 100 valence electrons. The topological polar surface area (TPSA) is 29.1 Å². The fourth-order valence-corrected chi connectivity index (χ4v) is 1.70. The maximum atomic E-state index is 11.7. The average molecular weight is 247 g/mol. The second-order valence-electron chi connectivity index (χ2n) is 6.31. The van der Waals surface area contributed by atoms with Crippen LogP contribution in [0.4, 0.5) is 5.69 Å². The van der Waals surface area contributed by atoms with Crippen LogP contribution in [0.1, 0.15) is 53.0 Å². The van der Waals surface area contributed by atoms with E-state index in [1.54, 1.807) is 0 Å². The number of amides is 1. The number of anilines is 1. The van der Waals surface area contributed by atoms with Crippen LogP contribution >= 0.6 is 0 Å². The van der Waals surface area contributed by atoms with Crippen LogP contribution in [-0.2, 0) is 10.2 Å². The molecule has 1 aromatic rings. The zero-order valence-electron chi connectivity index (χ0n) is 12.2. The molecule has 18 heavy (non-hydrogen) atoms. The van der Waals surface area contributed by atoms with Gasteiger partial charge < -0.3 is 5.32 Å². The van der Waals surface area contributed by atoms with Crippen LogP contribution in [0.25, 0.3) is 0 Å². The monoisotopic (exact) mass is 247 g/mol. The van der Waals surface area contributed by atoms with E-state index >= 15 is 0 Å². The molecular formula is C16H25NO. The van der Waals surface area contributed by atoms with Crippen molar-refractivity contribution in [1.82, 2.24) is 0 Å². The van der Waals surface area contributed by atoms with Gasteiger partial charge in [-0.05, 0) is 35.4 Å². The molecule has 0 unspecified atom stereocenters. The van der Waals surface area contributed by atoms with Crippen molar-refractivity contribution in [2.75, 3.05) is 5.32 Å². The highest BCUT2D eigenvalue weighted by Gasteiger charge is 2.13. The van der Waals surface area contributed by atoms with Gasteiger partial charge in [-0.3, -0.25) is 4.79 Å². The summed E-state index contributed by atoms with van der Waals surface area (Å²) >= 11 is 0.